The minimum Gasteiger partial charge on any atom is -0.853 e. The van der Waals surface area contributed by atoms with E-state index in [0.717, 1.165) is 0 Å². The molecule has 7 heteroatoms. The molecule has 4 nitrogen and oxygen atoms in total. The number of benzene rings is 2. The van der Waals surface area contributed by atoms with E-state index in [9.17, 15) is 10.0 Å². The second-order valence-electron chi connectivity index (χ2n) is 3.53. The van der Waals surface area contributed by atoms with Gasteiger partial charge in [0.1, 0.15) is 0 Å². The molecule has 0 unspecified atom stereocenters. The van der Waals surface area contributed by atoms with Crippen LogP contribution in [0.2, 0.25) is 0 Å². The first-order valence-corrected chi connectivity index (χ1v) is 5.39. The summed E-state index contributed by atoms with van der Waals surface area (Å²) in [6, 6.07) is 16.8. The van der Waals surface area contributed by atoms with Crippen molar-refractivity contribution in [1.29, 1.82) is 0 Å². The molecular formula is C12H12B2HgO4. The summed E-state index contributed by atoms with van der Waals surface area (Å²) in [7, 11) is -3.18. The maximum atomic E-state index is 10.3. The first kappa shape index (κ1) is 18.3. The number of rotatable bonds is 2. The molecule has 0 atom stereocenters. The molecule has 2 N–H and O–H groups in total. The van der Waals surface area contributed by atoms with Gasteiger partial charge in [-0.05, 0) is 0 Å². The van der Waals surface area contributed by atoms with Crippen LogP contribution in [0.4, 0.5) is 0 Å². The van der Waals surface area contributed by atoms with Crippen molar-refractivity contribution >= 4 is 25.2 Å². The van der Waals surface area contributed by atoms with Gasteiger partial charge in [0.05, 0.1) is 0 Å². The van der Waals surface area contributed by atoms with Gasteiger partial charge in [-0.3, -0.25) is 0 Å². The summed E-state index contributed by atoms with van der Waals surface area (Å²) in [5.41, 5.74) is 0.829. The molecule has 0 spiro atoms. The van der Waals surface area contributed by atoms with Gasteiger partial charge in [0.15, 0.2) is 0 Å². The molecule has 0 fully saturated rings. The van der Waals surface area contributed by atoms with Gasteiger partial charge in [-0.25, -0.2) is 0 Å². The van der Waals surface area contributed by atoms with E-state index in [4.69, 9.17) is 10.0 Å². The Morgan fingerprint density at radius 1 is 0.632 bits per heavy atom. The topological polar surface area (TPSA) is 86.6 Å². The molecule has 0 saturated heterocycles. The molecule has 2 rings (SSSR count). The molecule has 0 aliphatic rings. The summed E-state index contributed by atoms with van der Waals surface area (Å²) in [6.45, 7) is 0. The van der Waals surface area contributed by atoms with Gasteiger partial charge in [0.2, 0.25) is 14.2 Å². The first-order chi connectivity index (χ1) is 8.61. The zero-order valence-electron chi connectivity index (χ0n) is 10.3. The summed E-state index contributed by atoms with van der Waals surface area (Å²) in [4.78, 5) is 0. The van der Waals surface area contributed by atoms with Gasteiger partial charge in [-0.15, -0.1) is 0 Å². The summed E-state index contributed by atoms with van der Waals surface area (Å²) < 4.78 is 0. The van der Waals surface area contributed by atoms with Crippen molar-refractivity contribution in [3.63, 3.8) is 0 Å². The third-order valence-electron chi connectivity index (χ3n) is 2.17. The molecule has 0 amide bonds. The Morgan fingerprint density at radius 3 is 1.05 bits per heavy atom. The monoisotopic (exact) mass is 444 g/mol. The smallest absolute Gasteiger partial charge is 0.853 e. The fraction of sp³-hybridized carbons (Fsp3) is 0. The van der Waals surface area contributed by atoms with E-state index >= 15 is 0 Å². The van der Waals surface area contributed by atoms with Gasteiger partial charge in [0.25, 0.3) is 0 Å². The van der Waals surface area contributed by atoms with Crippen LogP contribution in [0.15, 0.2) is 60.7 Å². The number of hydrogen-bond acceptors (Lipinski definition) is 4. The minimum atomic E-state index is -1.59. The summed E-state index contributed by atoms with van der Waals surface area (Å²) in [5, 5.41) is 37.5. The largest absolute Gasteiger partial charge is 2.00 e. The molecule has 92 valence electrons. The third kappa shape index (κ3) is 7.49. The first-order valence-electron chi connectivity index (χ1n) is 5.39. The molecule has 0 aliphatic carbocycles. The van der Waals surface area contributed by atoms with Crippen LogP contribution in [-0.4, -0.2) is 24.3 Å². The SMILES string of the molecule is [Hg+2].[O-]B(O)c1ccccc1.[O-]B(O)c1ccccc1. The quantitative estimate of drug-likeness (QED) is 0.503. The molecule has 0 heterocycles. The van der Waals surface area contributed by atoms with Crippen molar-refractivity contribution in [1.82, 2.24) is 0 Å². The van der Waals surface area contributed by atoms with E-state index in [-0.39, 0.29) is 27.7 Å². The van der Waals surface area contributed by atoms with Gasteiger partial charge in [0, 0.05) is 0 Å². The Balaban J connectivity index is 0.000000324. The Morgan fingerprint density at radius 2 is 0.895 bits per heavy atom. The van der Waals surface area contributed by atoms with Crippen molar-refractivity contribution in [2.24, 2.45) is 0 Å². The predicted molar refractivity (Wildman–Crippen MR) is 68.1 cm³/mol. The van der Waals surface area contributed by atoms with E-state index in [0.29, 0.717) is 10.9 Å². The van der Waals surface area contributed by atoms with Crippen molar-refractivity contribution in [2.45, 2.75) is 0 Å². The normalized spacial score (nSPS) is 8.63. The van der Waals surface area contributed by atoms with Crippen LogP contribution in [0.3, 0.4) is 0 Å². The zero-order valence-corrected chi connectivity index (χ0v) is 15.8. The van der Waals surface area contributed by atoms with Crippen LogP contribution in [0.5, 0.6) is 0 Å². The maximum Gasteiger partial charge on any atom is 2.00 e. The van der Waals surface area contributed by atoms with Crippen LogP contribution in [-0.2, 0) is 27.7 Å². The molecule has 2 aromatic rings. The van der Waals surface area contributed by atoms with E-state index in [1.807, 2.05) is 0 Å². The van der Waals surface area contributed by atoms with Crippen LogP contribution in [0.1, 0.15) is 0 Å². The van der Waals surface area contributed by atoms with E-state index in [1.165, 1.54) is 0 Å². The Bertz CT molecular complexity index is 396. The van der Waals surface area contributed by atoms with Crippen molar-refractivity contribution in [3.8, 4) is 0 Å². The standard InChI is InChI=1S/2C6H6BO2.Hg/c2*8-7(9)6-4-2-1-3-5-6;/h2*1-5,8H;/q2*-1;+2. The predicted octanol–water partition coefficient (Wildman–Crippen LogP) is -2.53. The molecule has 0 aliphatic heterocycles. The van der Waals surface area contributed by atoms with Crippen LogP contribution in [0, 0.1) is 0 Å². The molecule has 0 bridgehead atoms. The van der Waals surface area contributed by atoms with E-state index < -0.39 is 14.2 Å². The summed E-state index contributed by atoms with van der Waals surface area (Å²) >= 11 is 0. The van der Waals surface area contributed by atoms with Crippen LogP contribution < -0.4 is 21.0 Å². The molecule has 0 aromatic heterocycles. The van der Waals surface area contributed by atoms with Gasteiger partial charge in [-0.2, -0.15) is 0 Å². The van der Waals surface area contributed by atoms with Crippen molar-refractivity contribution in [3.05, 3.63) is 60.7 Å². The number of hydrogen-bond donors (Lipinski definition) is 2. The zero-order chi connectivity index (χ0) is 13.4. The van der Waals surface area contributed by atoms with E-state index in [1.54, 1.807) is 60.7 Å². The van der Waals surface area contributed by atoms with Crippen molar-refractivity contribution in [2.75, 3.05) is 0 Å². The fourth-order valence-corrected chi connectivity index (χ4v) is 1.24. The second kappa shape index (κ2) is 10.2. The van der Waals surface area contributed by atoms with Gasteiger partial charge in [-0.1, -0.05) is 71.6 Å². The van der Waals surface area contributed by atoms with Gasteiger partial charge < -0.3 is 20.1 Å². The van der Waals surface area contributed by atoms with Crippen LogP contribution >= 0.6 is 0 Å². The van der Waals surface area contributed by atoms with Crippen molar-refractivity contribution < 1.29 is 47.8 Å². The Kier molecular flexibility index (Phi) is 9.82. The Hall–Kier alpha value is -0.655. The van der Waals surface area contributed by atoms with E-state index in [2.05, 4.69) is 0 Å². The average molecular weight is 442 g/mol. The average Bonchev–Trinajstić information content (AvgIpc) is 2.41. The van der Waals surface area contributed by atoms with Crippen LogP contribution in [0.25, 0.3) is 0 Å². The fourth-order valence-electron chi connectivity index (χ4n) is 1.24. The molecule has 19 heavy (non-hydrogen) atoms. The minimum absolute atomic E-state index is 0. The summed E-state index contributed by atoms with van der Waals surface area (Å²) in [6.07, 6.45) is 0. The summed E-state index contributed by atoms with van der Waals surface area (Å²) in [5.74, 6) is 0. The Labute approximate surface area is 133 Å². The molecule has 2 aromatic carbocycles. The third-order valence-corrected chi connectivity index (χ3v) is 2.17. The van der Waals surface area contributed by atoms with Gasteiger partial charge >= 0.3 is 27.7 Å². The second-order valence-corrected chi connectivity index (χ2v) is 3.53. The molecule has 0 saturated carbocycles. The molecule has 0 radical (unpaired) electrons. The maximum absolute atomic E-state index is 10.3. The molecular weight excluding hydrogens is 430 g/mol.